The van der Waals surface area contributed by atoms with E-state index in [1.807, 2.05) is 13.8 Å². The van der Waals surface area contributed by atoms with Crippen molar-refractivity contribution in [1.82, 2.24) is 19.5 Å². The molecule has 2 aromatic rings. The SMILES string of the molecule is CC1(C)CSCCN1C(=O)c1cc2nc(CC3CCCC3)cc(C(F)(F)F)n2n1. The maximum atomic E-state index is 13.7. The minimum atomic E-state index is -4.57. The molecule has 1 saturated carbocycles. The summed E-state index contributed by atoms with van der Waals surface area (Å²) in [5, 5.41) is 4.03. The number of thioether (sulfide) groups is 1. The van der Waals surface area contributed by atoms with Gasteiger partial charge in [0.15, 0.2) is 11.3 Å². The second-order valence-electron chi connectivity index (χ2n) is 8.61. The molecule has 2 aromatic heterocycles. The lowest BCUT2D eigenvalue weighted by molar-refractivity contribution is -0.142. The van der Waals surface area contributed by atoms with Crippen LogP contribution in [-0.2, 0) is 12.6 Å². The van der Waals surface area contributed by atoms with Crippen LogP contribution >= 0.6 is 11.8 Å². The summed E-state index contributed by atoms with van der Waals surface area (Å²) in [6.07, 6.45) is 0.254. The summed E-state index contributed by atoms with van der Waals surface area (Å²) in [6.45, 7) is 4.48. The van der Waals surface area contributed by atoms with E-state index in [1.165, 1.54) is 6.07 Å². The summed E-state index contributed by atoms with van der Waals surface area (Å²) in [6, 6.07) is 2.49. The third-order valence-corrected chi connectivity index (χ3v) is 7.23. The molecule has 1 amide bonds. The van der Waals surface area contributed by atoms with Gasteiger partial charge in [-0.25, -0.2) is 9.50 Å². The molecule has 29 heavy (non-hydrogen) atoms. The first-order chi connectivity index (χ1) is 13.6. The first-order valence-electron chi connectivity index (χ1n) is 10.0. The Balaban J connectivity index is 1.72. The van der Waals surface area contributed by atoms with Crippen LogP contribution in [-0.4, -0.2) is 49.0 Å². The maximum absolute atomic E-state index is 13.7. The molecule has 0 unspecified atom stereocenters. The number of carbonyl (C=O) groups excluding carboxylic acids is 1. The smallest absolute Gasteiger partial charge is 0.330 e. The van der Waals surface area contributed by atoms with Crippen molar-refractivity contribution in [2.45, 2.75) is 57.7 Å². The zero-order valence-electron chi connectivity index (χ0n) is 16.6. The standard InChI is InChI=1S/C20H25F3N4OS/c1-19(2)12-29-8-7-26(19)18(28)15-11-17-24-14(9-13-5-3-4-6-13)10-16(20(21,22)23)27(17)25-15/h10-11,13H,3-9,12H2,1-2H3. The van der Waals surface area contributed by atoms with E-state index in [-0.39, 0.29) is 22.8 Å². The van der Waals surface area contributed by atoms with Crippen molar-refractivity contribution in [2.75, 3.05) is 18.1 Å². The molecule has 0 N–H and O–H groups in total. The van der Waals surface area contributed by atoms with Gasteiger partial charge in [0.1, 0.15) is 5.69 Å². The van der Waals surface area contributed by atoms with Gasteiger partial charge in [-0.2, -0.15) is 30.0 Å². The van der Waals surface area contributed by atoms with E-state index in [0.717, 1.165) is 47.8 Å². The number of fused-ring (bicyclic) bond motifs is 1. The number of alkyl halides is 3. The van der Waals surface area contributed by atoms with Gasteiger partial charge < -0.3 is 4.90 Å². The van der Waals surface area contributed by atoms with Crippen LogP contribution in [0.1, 0.15) is 61.4 Å². The van der Waals surface area contributed by atoms with Crippen LogP contribution in [0.3, 0.4) is 0 Å². The number of hydrogen-bond donors (Lipinski definition) is 0. The molecule has 0 spiro atoms. The fraction of sp³-hybridized carbons (Fsp3) is 0.650. The van der Waals surface area contributed by atoms with Crippen LogP contribution in [0.25, 0.3) is 5.65 Å². The highest BCUT2D eigenvalue weighted by atomic mass is 32.2. The molecular weight excluding hydrogens is 401 g/mol. The van der Waals surface area contributed by atoms with Crippen LogP contribution in [0, 0.1) is 5.92 Å². The zero-order chi connectivity index (χ0) is 20.8. The first kappa shape index (κ1) is 20.5. The number of rotatable bonds is 3. The second kappa shape index (κ2) is 7.49. The average Bonchev–Trinajstić information content (AvgIpc) is 3.28. The molecule has 0 radical (unpaired) electrons. The van der Waals surface area contributed by atoms with Gasteiger partial charge in [0.25, 0.3) is 5.91 Å². The van der Waals surface area contributed by atoms with Crippen molar-refractivity contribution in [3.8, 4) is 0 Å². The third kappa shape index (κ3) is 4.11. The van der Waals surface area contributed by atoms with Gasteiger partial charge in [-0.1, -0.05) is 25.7 Å². The molecule has 0 bridgehead atoms. The zero-order valence-corrected chi connectivity index (χ0v) is 17.4. The predicted molar refractivity (Wildman–Crippen MR) is 106 cm³/mol. The van der Waals surface area contributed by atoms with Gasteiger partial charge in [-0.05, 0) is 32.3 Å². The lowest BCUT2D eigenvalue weighted by Crippen LogP contribution is -2.53. The van der Waals surface area contributed by atoms with Crippen molar-refractivity contribution in [1.29, 1.82) is 0 Å². The van der Waals surface area contributed by atoms with E-state index in [2.05, 4.69) is 10.1 Å². The predicted octanol–water partition coefficient (Wildman–Crippen LogP) is 4.45. The molecule has 158 valence electrons. The fourth-order valence-electron chi connectivity index (χ4n) is 4.32. The molecule has 2 aliphatic rings. The Morgan fingerprint density at radius 3 is 2.66 bits per heavy atom. The van der Waals surface area contributed by atoms with Crippen molar-refractivity contribution in [3.05, 3.63) is 29.2 Å². The summed E-state index contributed by atoms with van der Waals surface area (Å²) in [5.41, 5.74) is -0.723. The van der Waals surface area contributed by atoms with E-state index in [1.54, 1.807) is 16.7 Å². The number of aromatic nitrogens is 3. The Labute approximate surface area is 172 Å². The Hall–Kier alpha value is -1.77. The van der Waals surface area contributed by atoms with E-state index in [9.17, 15) is 18.0 Å². The second-order valence-corrected chi connectivity index (χ2v) is 9.71. The molecule has 0 aromatic carbocycles. The molecule has 4 rings (SSSR count). The minimum Gasteiger partial charge on any atom is -0.330 e. The highest BCUT2D eigenvalue weighted by Gasteiger charge is 2.38. The minimum absolute atomic E-state index is 0.0148. The molecule has 5 nitrogen and oxygen atoms in total. The molecule has 1 aliphatic carbocycles. The summed E-state index contributed by atoms with van der Waals surface area (Å²) in [5.74, 6) is 1.62. The van der Waals surface area contributed by atoms with Crippen LogP contribution < -0.4 is 0 Å². The summed E-state index contributed by atoms with van der Waals surface area (Å²) >= 11 is 1.77. The number of amides is 1. The summed E-state index contributed by atoms with van der Waals surface area (Å²) in [7, 11) is 0. The lowest BCUT2D eigenvalue weighted by Gasteiger charge is -2.41. The number of halogens is 3. The molecule has 1 aliphatic heterocycles. The molecule has 0 atom stereocenters. The van der Waals surface area contributed by atoms with Crippen LogP contribution in [0.5, 0.6) is 0 Å². The number of hydrogen-bond acceptors (Lipinski definition) is 4. The number of carbonyl (C=O) groups is 1. The quantitative estimate of drug-likeness (QED) is 0.728. The Kier molecular flexibility index (Phi) is 5.29. The maximum Gasteiger partial charge on any atom is 0.433 e. The molecular formula is C20H25F3N4OS. The number of nitrogens with zero attached hydrogens (tertiary/aromatic N) is 4. The van der Waals surface area contributed by atoms with E-state index in [4.69, 9.17) is 0 Å². The Morgan fingerprint density at radius 2 is 2.00 bits per heavy atom. The Morgan fingerprint density at radius 1 is 1.28 bits per heavy atom. The van der Waals surface area contributed by atoms with Gasteiger partial charge >= 0.3 is 6.18 Å². The van der Waals surface area contributed by atoms with Crippen molar-refractivity contribution in [3.63, 3.8) is 0 Å². The summed E-state index contributed by atoms with van der Waals surface area (Å²) < 4.78 is 41.9. The van der Waals surface area contributed by atoms with E-state index >= 15 is 0 Å². The average molecular weight is 427 g/mol. The van der Waals surface area contributed by atoms with Crippen molar-refractivity contribution < 1.29 is 18.0 Å². The van der Waals surface area contributed by atoms with Crippen LogP contribution in [0.2, 0.25) is 0 Å². The lowest BCUT2D eigenvalue weighted by atomic mass is 10.0. The monoisotopic (exact) mass is 426 g/mol. The summed E-state index contributed by atoms with van der Waals surface area (Å²) in [4.78, 5) is 19.2. The molecule has 9 heteroatoms. The fourth-order valence-corrected chi connectivity index (χ4v) is 5.43. The third-order valence-electron chi connectivity index (χ3n) is 5.85. The van der Waals surface area contributed by atoms with Crippen molar-refractivity contribution >= 4 is 23.3 Å². The topological polar surface area (TPSA) is 50.5 Å². The Bertz CT molecular complexity index is 918. The van der Waals surface area contributed by atoms with E-state index < -0.39 is 11.9 Å². The van der Waals surface area contributed by atoms with Gasteiger partial charge in [-0.15, -0.1) is 0 Å². The van der Waals surface area contributed by atoms with Gasteiger partial charge in [0, 0.05) is 35.3 Å². The normalized spacial score (nSPS) is 20.5. The van der Waals surface area contributed by atoms with E-state index in [0.29, 0.717) is 24.6 Å². The van der Waals surface area contributed by atoms with Gasteiger partial charge in [0.2, 0.25) is 0 Å². The highest BCUT2D eigenvalue weighted by molar-refractivity contribution is 7.99. The molecule has 2 fully saturated rings. The molecule has 1 saturated heterocycles. The largest absolute Gasteiger partial charge is 0.433 e. The van der Waals surface area contributed by atoms with Gasteiger partial charge in [0.05, 0.1) is 0 Å². The molecule has 3 heterocycles. The highest BCUT2D eigenvalue weighted by Crippen LogP contribution is 2.33. The van der Waals surface area contributed by atoms with Gasteiger partial charge in [-0.3, -0.25) is 4.79 Å². The van der Waals surface area contributed by atoms with Crippen LogP contribution in [0.15, 0.2) is 12.1 Å². The van der Waals surface area contributed by atoms with Crippen LogP contribution in [0.4, 0.5) is 13.2 Å². The van der Waals surface area contributed by atoms with Crippen molar-refractivity contribution in [2.24, 2.45) is 5.92 Å². The first-order valence-corrected chi connectivity index (χ1v) is 11.2.